The van der Waals surface area contributed by atoms with Crippen LogP contribution in [0, 0.1) is 5.92 Å². The maximum atomic E-state index is 11.4. The summed E-state index contributed by atoms with van der Waals surface area (Å²) >= 11 is 0. The molecule has 1 saturated carbocycles. The molecule has 1 atom stereocenters. The number of nitrogens with two attached hydrogens (primary N) is 1. The number of nitrogens with one attached hydrogen (secondary N) is 1. The molecule has 1 unspecified atom stereocenters. The van der Waals surface area contributed by atoms with Crippen molar-refractivity contribution in [3.8, 4) is 0 Å². The van der Waals surface area contributed by atoms with Crippen LogP contribution >= 0.6 is 0 Å². The third-order valence-electron chi connectivity index (χ3n) is 2.88. The van der Waals surface area contributed by atoms with E-state index in [1.807, 2.05) is 0 Å². The molecule has 0 aromatic rings. The Morgan fingerprint density at radius 2 is 1.87 bits per heavy atom. The van der Waals surface area contributed by atoms with Crippen LogP contribution in [0.25, 0.3) is 0 Å². The van der Waals surface area contributed by atoms with Crippen LogP contribution < -0.4 is 11.1 Å². The molecule has 0 aromatic carbocycles. The van der Waals surface area contributed by atoms with E-state index in [1.54, 1.807) is 0 Å². The summed E-state index contributed by atoms with van der Waals surface area (Å²) in [7, 11) is 0. The molecule has 1 amide bonds. The average molecular weight is 214 g/mol. The van der Waals surface area contributed by atoms with Crippen LogP contribution in [0.4, 0.5) is 0 Å². The summed E-state index contributed by atoms with van der Waals surface area (Å²) in [5.41, 5.74) is 5.73. The number of carbonyl (C=O) groups excluding carboxylic acids is 1. The highest BCUT2D eigenvalue weighted by Gasteiger charge is 2.25. The molecular formula is C10H18N2O3. The minimum Gasteiger partial charge on any atom is -0.481 e. The lowest BCUT2D eigenvalue weighted by Crippen LogP contribution is -2.43. The van der Waals surface area contributed by atoms with Crippen LogP contribution in [0.15, 0.2) is 0 Å². The van der Waals surface area contributed by atoms with Gasteiger partial charge in [-0.2, -0.15) is 0 Å². The molecule has 0 aromatic heterocycles. The molecule has 0 aliphatic heterocycles. The van der Waals surface area contributed by atoms with Crippen molar-refractivity contribution in [3.63, 3.8) is 0 Å². The number of carboxylic acid groups (broad SMARTS) is 1. The Bertz CT molecular complexity index is 247. The number of amides is 1. The van der Waals surface area contributed by atoms with Gasteiger partial charge in [-0.3, -0.25) is 9.59 Å². The molecule has 0 bridgehead atoms. The molecule has 0 spiro atoms. The Morgan fingerprint density at radius 3 is 2.33 bits per heavy atom. The van der Waals surface area contributed by atoms with Gasteiger partial charge in [-0.05, 0) is 32.6 Å². The second kappa shape index (κ2) is 5.11. The number of hydrogen-bond acceptors (Lipinski definition) is 3. The van der Waals surface area contributed by atoms with Gasteiger partial charge in [0.1, 0.15) is 5.92 Å². The fourth-order valence-corrected chi connectivity index (χ4v) is 1.70. The van der Waals surface area contributed by atoms with Crippen molar-refractivity contribution >= 4 is 11.9 Å². The van der Waals surface area contributed by atoms with Gasteiger partial charge in [0, 0.05) is 12.1 Å². The molecule has 4 N–H and O–H groups in total. The quantitative estimate of drug-likeness (QED) is 0.581. The molecule has 1 rings (SSSR count). The Balaban J connectivity index is 2.35. The maximum Gasteiger partial charge on any atom is 0.315 e. The number of aliphatic carboxylic acids is 1. The second-order valence-electron chi connectivity index (χ2n) is 4.18. The zero-order chi connectivity index (χ0) is 11.4. The van der Waals surface area contributed by atoms with E-state index < -0.39 is 17.8 Å². The first-order valence-electron chi connectivity index (χ1n) is 5.29. The van der Waals surface area contributed by atoms with E-state index >= 15 is 0 Å². The Hall–Kier alpha value is -1.10. The van der Waals surface area contributed by atoms with E-state index in [0.29, 0.717) is 0 Å². The lowest BCUT2D eigenvalue weighted by Gasteiger charge is -2.27. The minimum atomic E-state index is -1.08. The average Bonchev–Trinajstić information content (AvgIpc) is 2.20. The Morgan fingerprint density at radius 1 is 1.33 bits per heavy atom. The van der Waals surface area contributed by atoms with E-state index in [0.717, 1.165) is 25.7 Å². The SMILES string of the molecule is CC(C(=O)O)C(=O)NC1CCC(N)CC1. The van der Waals surface area contributed by atoms with Crippen LogP contribution in [0.5, 0.6) is 0 Å². The Labute approximate surface area is 89.0 Å². The van der Waals surface area contributed by atoms with Crippen LogP contribution in [0.2, 0.25) is 0 Å². The summed E-state index contributed by atoms with van der Waals surface area (Å²) in [6.45, 7) is 1.40. The van der Waals surface area contributed by atoms with Gasteiger partial charge in [0.05, 0.1) is 0 Å². The van der Waals surface area contributed by atoms with Crippen LogP contribution in [-0.2, 0) is 9.59 Å². The number of hydrogen-bond donors (Lipinski definition) is 3. The van der Waals surface area contributed by atoms with Crippen molar-refractivity contribution in [1.82, 2.24) is 5.32 Å². The van der Waals surface area contributed by atoms with Gasteiger partial charge in [-0.1, -0.05) is 0 Å². The summed E-state index contributed by atoms with van der Waals surface area (Å²) in [6.07, 6.45) is 3.48. The topological polar surface area (TPSA) is 92.4 Å². The van der Waals surface area contributed by atoms with Gasteiger partial charge in [0.25, 0.3) is 0 Å². The van der Waals surface area contributed by atoms with Gasteiger partial charge in [0.15, 0.2) is 0 Å². The van der Waals surface area contributed by atoms with Crippen LogP contribution in [-0.4, -0.2) is 29.1 Å². The van der Waals surface area contributed by atoms with Gasteiger partial charge < -0.3 is 16.2 Å². The van der Waals surface area contributed by atoms with Crippen molar-refractivity contribution in [3.05, 3.63) is 0 Å². The second-order valence-corrected chi connectivity index (χ2v) is 4.18. The zero-order valence-corrected chi connectivity index (χ0v) is 8.90. The fourth-order valence-electron chi connectivity index (χ4n) is 1.70. The summed E-state index contributed by atoms with van der Waals surface area (Å²) in [5.74, 6) is -2.46. The van der Waals surface area contributed by atoms with Crippen molar-refractivity contribution in [2.75, 3.05) is 0 Å². The van der Waals surface area contributed by atoms with E-state index in [1.165, 1.54) is 6.92 Å². The summed E-state index contributed by atoms with van der Waals surface area (Å²) in [4.78, 5) is 22.0. The molecule has 1 fully saturated rings. The standard InChI is InChI=1S/C10H18N2O3/c1-6(10(14)15)9(13)12-8-4-2-7(11)3-5-8/h6-8H,2-5,11H2,1H3,(H,12,13)(H,14,15). The third-order valence-corrected chi connectivity index (χ3v) is 2.88. The minimum absolute atomic E-state index is 0.0964. The molecule has 1 aliphatic rings. The van der Waals surface area contributed by atoms with Gasteiger partial charge in [0.2, 0.25) is 5.91 Å². The number of rotatable bonds is 3. The third kappa shape index (κ3) is 3.51. The number of carbonyl (C=O) groups is 2. The zero-order valence-electron chi connectivity index (χ0n) is 8.90. The molecular weight excluding hydrogens is 196 g/mol. The highest BCUT2D eigenvalue weighted by Crippen LogP contribution is 2.17. The van der Waals surface area contributed by atoms with E-state index in [2.05, 4.69) is 5.32 Å². The summed E-state index contributed by atoms with van der Waals surface area (Å²) in [6, 6.07) is 0.328. The molecule has 86 valence electrons. The predicted molar refractivity (Wildman–Crippen MR) is 55.2 cm³/mol. The van der Waals surface area contributed by atoms with Crippen molar-refractivity contribution < 1.29 is 14.7 Å². The monoisotopic (exact) mass is 214 g/mol. The molecule has 15 heavy (non-hydrogen) atoms. The Kier molecular flexibility index (Phi) is 4.08. The van der Waals surface area contributed by atoms with E-state index in [4.69, 9.17) is 10.8 Å². The van der Waals surface area contributed by atoms with Gasteiger partial charge in [-0.25, -0.2) is 0 Å². The predicted octanol–water partition coefficient (Wildman–Crippen LogP) is 0.0932. The highest BCUT2D eigenvalue weighted by atomic mass is 16.4. The highest BCUT2D eigenvalue weighted by molar-refractivity contribution is 5.96. The van der Waals surface area contributed by atoms with Crippen LogP contribution in [0.1, 0.15) is 32.6 Å². The normalized spacial score (nSPS) is 28.1. The molecule has 0 radical (unpaired) electrons. The molecule has 0 saturated heterocycles. The smallest absolute Gasteiger partial charge is 0.315 e. The molecule has 1 aliphatic carbocycles. The maximum absolute atomic E-state index is 11.4. The first kappa shape index (κ1) is 12.0. The van der Waals surface area contributed by atoms with Crippen molar-refractivity contribution in [1.29, 1.82) is 0 Å². The van der Waals surface area contributed by atoms with E-state index in [-0.39, 0.29) is 12.1 Å². The first-order chi connectivity index (χ1) is 7.00. The van der Waals surface area contributed by atoms with Crippen LogP contribution in [0.3, 0.4) is 0 Å². The van der Waals surface area contributed by atoms with Gasteiger partial charge >= 0.3 is 5.97 Å². The number of carboxylic acids is 1. The summed E-state index contributed by atoms with van der Waals surface area (Å²) in [5, 5.41) is 11.4. The van der Waals surface area contributed by atoms with Gasteiger partial charge in [-0.15, -0.1) is 0 Å². The summed E-state index contributed by atoms with van der Waals surface area (Å²) < 4.78 is 0. The molecule has 5 heteroatoms. The first-order valence-corrected chi connectivity index (χ1v) is 5.29. The van der Waals surface area contributed by atoms with E-state index in [9.17, 15) is 9.59 Å². The van der Waals surface area contributed by atoms with Crippen molar-refractivity contribution in [2.24, 2.45) is 11.7 Å². The lowest BCUT2D eigenvalue weighted by atomic mass is 9.91. The van der Waals surface area contributed by atoms with Crippen molar-refractivity contribution in [2.45, 2.75) is 44.7 Å². The largest absolute Gasteiger partial charge is 0.481 e. The molecule has 5 nitrogen and oxygen atoms in total. The lowest BCUT2D eigenvalue weighted by molar-refractivity contribution is -0.146. The fraction of sp³-hybridized carbons (Fsp3) is 0.800. The molecule has 0 heterocycles.